The Hall–Kier alpha value is -1.05. The zero-order valence-electron chi connectivity index (χ0n) is 11.6. The Bertz CT molecular complexity index is 482. The Morgan fingerprint density at radius 2 is 1.90 bits per heavy atom. The number of nitrogens with zero attached hydrogens (tertiary/aromatic N) is 1. The molecule has 0 bridgehead atoms. The van der Waals surface area contributed by atoms with Crippen LogP contribution in [-0.4, -0.2) is 19.4 Å². The van der Waals surface area contributed by atoms with E-state index in [0.717, 1.165) is 16.7 Å². The lowest BCUT2D eigenvalue weighted by atomic mass is 10.3. The summed E-state index contributed by atoms with van der Waals surface area (Å²) in [6.45, 7) is 4.42. The highest BCUT2D eigenvalue weighted by atomic mass is 79.9. The minimum absolute atomic E-state index is 0.819. The van der Waals surface area contributed by atoms with Gasteiger partial charge in [-0.2, -0.15) is 13.2 Å². The van der Waals surface area contributed by atoms with E-state index >= 15 is 0 Å². The van der Waals surface area contributed by atoms with Crippen LogP contribution in [0.2, 0.25) is 0 Å². The number of alkyl halides is 3. The summed E-state index contributed by atoms with van der Waals surface area (Å²) in [5.74, 6) is 0. The van der Waals surface area contributed by atoms with Crippen molar-refractivity contribution in [3.05, 3.63) is 53.2 Å². The summed E-state index contributed by atoms with van der Waals surface area (Å²) in [5.41, 5.74) is -0.900. The molecule has 1 rings (SSSR count). The minimum atomic E-state index is -4.35. The van der Waals surface area contributed by atoms with Gasteiger partial charge >= 0.3 is 6.18 Å². The lowest BCUT2D eigenvalue weighted by molar-refractivity contribution is -0.0878. The summed E-state index contributed by atoms with van der Waals surface area (Å²) in [7, 11) is 1.91. The first kappa shape index (κ1) is 19.9. The molecule has 21 heavy (non-hydrogen) atoms. The average Bonchev–Trinajstić information content (AvgIpc) is 2.41. The maximum absolute atomic E-state index is 11.7. The standard InChI is InChI=1S/C7H8BrNS.C7H8F3N/c1-9-10-7-4-2-6(8)3-5-7;1-3-11-5-4-6(2)7(8,9)10/h2-5,9H,1H3;3-5H,2H2,1H3/b;5-4-,11-3?. The maximum atomic E-state index is 11.7. The van der Waals surface area contributed by atoms with E-state index in [2.05, 4.69) is 44.4 Å². The lowest BCUT2D eigenvalue weighted by Crippen LogP contribution is -2.08. The molecule has 1 aromatic rings. The SMILES string of the molecule is C=C(/C=C\N=CC)C(F)(F)F.CNSc1ccc(Br)cc1. The third-order valence-corrected chi connectivity index (χ3v) is 3.15. The Kier molecular flexibility index (Phi) is 10.1. The van der Waals surface area contributed by atoms with Gasteiger partial charge in [-0.25, -0.2) is 0 Å². The van der Waals surface area contributed by atoms with Gasteiger partial charge in [0.15, 0.2) is 0 Å². The number of halogens is 4. The number of aliphatic imine (C=N–C) groups is 1. The smallest absolute Gasteiger partial charge is 0.269 e. The summed E-state index contributed by atoms with van der Waals surface area (Å²) in [5, 5.41) is 0. The Balaban J connectivity index is 0.000000382. The summed E-state index contributed by atoms with van der Waals surface area (Å²) < 4.78 is 39.1. The quantitative estimate of drug-likeness (QED) is 0.430. The van der Waals surface area contributed by atoms with Crippen molar-refractivity contribution in [2.24, 2.45) is 4.99 Å². The molecule has 116 valence electrons. The summed E-state index contributed by atoms with van der Waals surface area (Å²) in [6.07, 6.45) is -1.09. The topological polar surface area (TPSA) is 24.4 Å². The van der Waals surface area contributed by atoms with Gasteiger partial charge < -0.3 is 0 Å². The number of benzene rings is 1. The van der Waals surface area contributed by atoms with E-state index in [1.54, 1.807) is 18.9 Å². The van der Waals surface area contributed by atoms with E-state index in [0.29, 0.717) is 0 Å². The number of hydrogen-bond donors (Lipinski definition) is 1. The van der Waals surface area contributed by atoms with E-state index in [1.807, 2.05) is 19.2 Å². The molecule has 0 aliphatic heterocycles. The molecule has 2 nitrogen and oxygen atoms in total. The lowest BCUT2D eigenvalue weighted by Gasteiger charge is -2.03. The molecule has 0 heterocycles. The molecule has 0 fully saturated rings. The first-order valence-corrected chi connectivity index (χ1v) is 7.41. The fourth-order valence-corrected chi connectivity index (χ4v) is 1.71. The van der Waals surface area contributed by atoms with E-state index in [9.17, 15) is 13.2 Å². The van der Waals surface area contributed by atoms with Gasteiger partial charge in [0.05, 0.1) is 0 Å². The van der Waals surface area contributed by atoms with Crippen molar-refractivity contribution in [1.29, 1.82) is 0 Å². The highest BCUT2D eigenvalue weighted by Gasteiger charge is 2.29. The largest absolute Gasteiger partial charge is 0.415 e. The minimum Gasteiger partial charge on any atom is -0.269 e. The van der Waals surface area contributed by atoms with Crippen molar-refractivity contribution in [3.8, 4) is 0 Å². The van der Waals surface area contributed by atoms with Gasteiger partial charge in [0.25, 0.3) is 0 Å². The van der Waals surface area contributed by atoms with E-state index in [-0.39, 0.29) is 0 Å². The van der Waals surface area contributed by atoms with Crippen molar-refractivity contribution >= 4 is 34.1 Å². The zero-order valence-corrected chi connectivity index (χ0v) is 14.0. The van der Waals surface area contributed by atoms with Gasteiger partial charge in [0.2, 0.25) is 0 Å². The molecule has 0 aliphatic carbocycles. The molecule has 0 amide bonds. The average molecular weight is 381 g/mol. The van der Waals surface area contributed by atoms with Crippen LogP contribution in [0.1, 0.15) is 6.92 Å². The van der Waals surface area contributed by atoms with Crippen LogP contribution in [-0.2, 0) is 0 Å². The molecule has 0 aliphatic rings. The van der Waals surface area contributed by atoms with E-state index in [1.165, 1.54) is 11.1 Å². The van der Waals surface area contributed by atoms with Crippen molar-refractivity contribution in [3.63, 3.8) is 0 Å². The Labute approximate surface area is 135 Å². The zero-order chi connectivity index (χ0) is 16.3. The molecule has 1 aromatic carbocycles. The summed E-state index contributed by atoms with van der Waals surface area (Å²) >= 11 is 4.98. The number of allylic oxidation sites excluding steroid dienone is 2. The fourth-order valence-electron chi connectivity index (χ4n) is 0.934. The van der Waals surface area contributed by atoms with E-state index in [4.69, 9.17) is 0 Å². The molecule has 0 radical (unpaired) electrons. The molecule has 0 atom stereocenters. The first-order chi connectivity index (χ1) is 9.81. The maximum Gasteiger partial charge on any atom is 0.415 e. The Morgan fingerprint density at radius 1 is 1.33 bits per heavy atom. The molecule has 0 spiro atoms. The molecule has 0 saturated heterocycles. The van der Waals surface area contributed by atoms with Crippen LogP contribution in [0.15, 0.2) is 63.1 Å². The predicted molar refractivity (Wildman–Crippen MR) is 87.6 cm³/mol. The summed E-state index contributed by atoms with van der Waals surface area (Å²) in [6, 6.07) is 8.18. The number of rotatable bonds is 4. The van der Waals surface area contributed by atoms with Gasteiger partial charge in [-0.3, -0.25) is 9.71 Å². The number of hydrogen-bond acceptors (Lipinski definition) is 3. The highest BCUT2D eigenvalue weighted by Crippen LogP contribution is 2.24. The molecule has 7 heteroatoms. The molecule has 1 N–H and O–H groups in total. The van der Waals surface area contributed by atoms with Crippen LogP contribution in [0.5, 0.6) is 0 Å². The van der Waals surface area contributed by atoms with Crippen molar-refractivity contribution < 1.29 is 13.2 Å². The van der Waals surface area contributed by atoms with Crippen LogP contribution < -0.4 is 4.72 Å². The van der Waals surface area contributed by atoms with Crippen LogP contribution in [0.4, 0.5) is 13.2 Å². The third-order valence-electron chi connectivity index (χ3n) is 1.91. The second kappa shape index (κ2) is 10.6. The van der Waals surface area contributed by atoms with Crippen LogP contribution in [0.25, 0.3) is 0 Å². The Morgan fingerprint density at radius 3 is 2.33 bits per heavy atom. The second-order valence-corrected chi connectivity index (χ2v) is 5.51. The van der Waals surface area contributed by atoms with Gasteiger partial charge in [0, 0.05) is 27.4 Å². The molecular formula is C14H16BrF3N2S. The second-order valence-electron chi connectivity index (χ2n) is 3.51. The first-order valence-electron chi connectivity index (χ1n) is 5.80. The molecule has 0 unspecified atom stereocenters. The molecule has 0 aromatic heterocycles. The van der Waals surface area contributed by atoms with Crippen LogP contribution >= 0.6 is 27.9 Å². The van der Waals surface area contributed by atoms with Crippen molar-refractivity contribution in [2.45, 2.75) is 18.0 Å². The van der Waals surface area contributed by atoms with E-state index < -0.39 is 11.7 Å². The normalized spacial score (nSPS) is 11.5. The summed E-state index contributed by atoms with van der Waals surface area (Å²) in [4.78, 5) is 4.69. The number of nitrogens with one attached hydrogen (secondary N) is 1. The van der Waals surface area contributed by atoms with Gasteiger partial charge in [-0.1, -0.05) is 22.5 Å². The van der Waals surface area contributed by atoms with Gasteiger partial charge in [-0.15, -0.1) is 0 Å². The van der Waals surface area contributed by atoms with Crippen LogP contribution in [0, 0.1) is 0 Å². The van der Waals surface area contributed by atoms with Crippen molar-refractivity contribution in [2.75, 3.05) is 7.05 Å². The van der Waals surface area contributed by atoms with Crippen molar-refractivity contribution in [1.82, 2.24) is 4.72 Å². The highest BCUT2D eigenvalue weighted by molar-refractivity contribution is 9.10. The fraction of sp³-hybridized carbons (Fsp3) is 0.214. The monoisotopic (exact) mass is 380 g/mol. The molecular weight excluding hydrogens is 365 g/mol. The third kappa shape index (κ3) is 10.3. The van der Waals surface area contributed by atoms with Gasteiger partial charge in [0.1, 0.15) is 0 Å². The van der Waals surface area contributed by atoms with Crippen LogP contribution in [0.3, 0.4) is 0 Å². The van der Waals surface area contributed by atoms with Gasteiger partial charge in [-0.05, 0) is 56.3 Å². The predicted octanol–water partition coefficient (Wildman–Crippen LogP) is 5.38. The molecule has 0 saturated carbocycles.